The van der Waals surface area contributed by atoms with Crippen molar-refractivity contribution in [2.24, 2.45) is 0 Å². The molecule has 1 amide bonds. The average molecular weight is 374 g/mol. The number of aromatic nitrogens is 2. The van der Waals surface area contributed by atoms with Gasteiger partial charge in [-0.15, -0.1) is 0 Å². The standard InChI is InChI=1S/C23H26N4O/c1-16(2)24-22(28)15-27-13-12-21-20(14-27)23(26-25-21)19-10-8-18(9-11-19)17-6-4-3-5-7-17/h3-11,16H,12-15H2,1-2H3,(H,24,28)(H,25,26). The summed E-state index contributed by atoms with van der Waals surface area (Å²) in [6.45, 7) is 6.01. The first kappa shape index (κ1) is 18.4. The molecule has 1 aliphatic heterocycles. The zero-order valence-corrected chi connectivity index (χ0v) is 16.4. The summed E-state index contributed by atoms with van der Waals surface area (Å²) < 4.78 is 0. The third-order valence-electron chi connectivity index (χ3n) is 5.09. The van der Waals surface area contributed by atoms with Crippen LogP contribution in [-0.2, 0) is 17.8 Å². The lowest BCUT2D eigenvalue weighted by Crippen LogP contribution is -2.42. The number of hydrogen-bond acceptors (Lipinski definition) is 3. The summed E-state index contributed by atoms with van der Waals surface area (Å²) >= 11 is 0. The van der Waals surface area contributed by atoms with Crippen LogP contribution in [0.15, 0.2) is 54.6 Å². The summed E-state index contributed by atoms with van der Waals surface area (Å²) in [5, 5.41) is 10.8. The lowest BCUT2D eigenvalue weighted by molar-refractivity contribution is -0.122. The molecule has 3 aromatic rings. The average Bonchev–Trinajstić information content (AvgIpc) is 3.11. The number of carbonyl (C=O) groups excluding carboxylic acids is 1. The number of aromatic amines is 1. The first-order chi connectivity index (χ1) is 13.6. The van der Waals surface area contributed by atoms with Gasteiger partial charge in [-0.1, -0.05) is 54.6 Å². The number of amides is 1. The van der Waals surface area contributed by atoms with Gasteiger partial charge in [0.05, 0.1) is 12.2 Å². The van der Waals surface area contributed by atoms with E-state index in [2.05, 4.69) is 68.9 Å². The summed E-state index contributed by atoms with van der Waals surface area (Å²) in [5.74, 6) is 0.0794. The topological polar surface area (TPSA) is 61.0 Å². The van der Waals surface area contributed by atoms with Crippen molar-refractivity contribution in [1.29, 1.82) is 0 Å². The fourth-order valence-corrected chi connectivity index (χ4v) is 3.75. The zero-order valence-electron chi connectivity index (χ0n) is 16.4. The number of rotatable bonds is 5. The highest BCUT2D eigenvalue weighted by Gasteiger charge is 2.24. The van der Waals surface area contributed by atoms with E-state index < -0.39 is 0 Å². The molecule has 1 aromatic heterocycles. The highest BCUT2D eigenvalue weighted by Crippen LogP contribution is 2.30. The van der Waals surface area contributed by atoms with Crippen LogP contribution in [0.25, 0.3) is 22.4 Å². The molecule has 0 unspecified atom stereocenters. The van der Waals surface area contributed by atoms with E-state index in [0.29, 0.717) is 6.54 Å². The Kier molecular flexibility index (Phi) is 5.26. The second-order valence-corrected chi connectivity index (χ2v) is 7.66. The van der Waals surface area contributed by atoms with Crippen LogP contribution in [0, 0.1) is 0 Å². The second kappa shape index (κ2) is 7.98. The third kappa shape index (κ3) is 3.99. The van der Waals surface area contributed by atoms with Crippen molar-refractivity contribution in [3.05, 3.63) is 65.9 Å². The summed E-state index contributed by atoms with van der Waals surface area (Å²) in [6.07, 6.45) is 0.888. The van der Waals surface area contributed by atoms with Crippen LogP contribution < -0.4 is 5.32 Å². The summed E-state index contributed by atoms with van der Waals surface area (Å²) in [7, 11) is 0. The van der Waals surface area contributed by atoms with Crippen molar-refractivity contribution < 1.29 is 4.79 Å². The zero-order chi connectivity index (χ0) is 19.5. The predicted octanol–water partition coefficient (Wildman–Crippen LogP) is 3.63. The van der Waals surface area contributed by atoms with Gasteiger partial charge in [0.15, 0.2) is 0 Å². The minimum Gasteiger partial charge on any atom is -0.353 e. The molecule has 0 saturated heterocycles. The van der Waals surface area contributed by atoms with Gasteiger partial charge >= 0.3 is 0 Å². The Labute approximate surface area is 165 Å². The Morgan fingerprint density at radius 2 is 1.75 bits per heavy atom. The molecule has 0 atom stereocenters. The number of nitrogens with one attached hydrogen (secondary N) is 2. The van der Waals surface area contributed by atoms with E-state index in [9.17, 15) is 4.79 Å². The number of nitrogens with zero attached hydrogens (tertiary/aromatic N) is 2. The van der Waals surface area contributed by atoms with E-state index in [0.717, 1.165) is 30.8 Å². The van der Waals surface area contributed by atoms with Crippen LogP contribution in [0.2, 0.25) is 0 Å². The normalized spacial score (nSPS) is 14.1. The summed E-state index contributed by atoms with van der Waals surface area (Å²) in [6, 6.07) is 19.1. The van der Waals surface area contributed by atoms with Crippen molar-refractivity contribution in [1.82, 2.24) is 20.4 Å². The molecule has 2 heterocycles. The number of hydrogen-bond donors (Lipinski definition) is 2. The van der Waals surface area contributed by atoms with Gasteiger partial charge in [0.25, 0.3) is 0 Å². The Bertz CT molecular complexity index is 944. The lowest BCUT2D eigenvalue weighted by Gasteiger charge is -2.26. The van der Waals surface area contributed by atoms with Gasteiger partial charge in [-0.25, -0.2) is 0 Å². The van der Waals surface area contributed by atoms with Gasteiger partial charge in [-0.2, -0.15) is 5.10 Å². The molecule has 1 aliphatic rings. The number of carbonyl (C=O) groups is 1. The molecule has 5 heteroatoms. The summed E-state index contributed by atoms with van der Waals surface area (Å²) in [4.78, 5) is 14.3. The van der Waals surface area contributed by atoms with E-state index in [1.54, 1.807) is 0 Å². The van der Waals surface area contributed by atoms with Gasteiger partial charge in [0, 0.05) is 42.4 Å². The molecule has 0 aliphatic carbocycles. The van der Waals surface area contributed by atoms with E-state index in [-0.39, 0.29) is 11.9 Å². The molecule has 0 saturated carbocycles. The molecule has 5 nitrogen and oxygen atoms in total. The molecular formula is C23H26N4O. The van der Waals surface area contributed by atoms with Gasteiger partial charge < -0.3 is 5.32 Å². The van der Waals surface area contributed by atoms with Crippen molar-refractivity contribution >= 4 is 5.91 Å². The molecule has 2 aromatic carbocycles. The fraction of sp³-hybridized carbons (Fsp3) is 0.304. The van der Waals surface area contributed by atoms with Gasteiger partial charge in [-0.3, -0.25) is 14.8 Å². The highest BCUT2D eigenvalue weighted by atomic mass is 16.2. The van der Waals surface area contributed by atoms with E-state index in [1.165, 1.54) is 22.4 Å². The van der Waals surface area contributed by atoms with Gasteiger partial charge in [-0.05, 0) is 25.0 Å². The first-order valence-electron chi connectivity index (χ1n) is 9.84. The van der Waals surface area contributed by atoms with Crippen LogP contribution in [0.1, 0.15) is 25.1 Å². The Hall–Kier alpha value is -2.92. The van der Waals surface area contributed by atoms with Crippen molar-refractivity contribution in [3.8, 4) is 22.4 Å². The molecule has 144 valence electrons. The quantitative estimate of drug-likeness (QED) is 0.717. The van der Waals surface area contributed by atoms with E-state index in [4.69, 9.17) is 0 Å². The number of fused-ring (bicyclic) bond motifs is 1. The molecule has 0 radical (unpaired) electrons. The largest absolute Gasteiger partial charge is 0.353 e. The smallest absolute Gasteiger partial charge is 0.234 e. The molecule has 0 fully saturated rings. The minimum atomic E-state index is 0.0794. The third-order valence-corrected chi connectivity index (χ3v) is 5.09. The molecule has 4 rings (SSSR count). The van der Waals surface area contributed by atoms with Gasteiger partial charge in [0.1, 0.15) is 0 Å². The minimum absolute atomic E-state index is 0.0794. The van der Waals surface area contributed by atoms with Crippen molar-refractivity contribution in [2.75, 3.05) is 13.1 Å². The van der Waals surface area contributed by atoms with Crippen LogP contribution >= 0.6 is 0 Å². The Morgan fingerprint density at radius 1 is 1.07 bits per heavy atom. The predicted molar refractivity (Wildman–Crippen MR) is 112 cm³/mol. The monoisotopic (exact) mass is 374 g/mol. The van der Waals surface area contributed by atoms with E-state index >= 15 is 0 Å². The molecule has 0 bridgehead atoms. The second-order valence-electron chi connectivity index (χ2n) is 7.66. The first-order valence-corrected chi connectivity index (χ1v) is 9.84. The van der Waals surface area contributed by atoms with Crippen LogP contribution in [0.5, 0.6) is 0 Å². The SMILES string of the molecule is CC(C)NC(=O)CN1CCc2[nH]nc(-c3ccc(-c4ccccc4)cc3)c2C1. The Balaban J connectivity index is 1.52. The summed E-state index contributed by atoms with van der Waals surface area (Å²) in [5.41, 5.74) is 6.88. The Morgan fingerprint density at radius 3 is 2.46 bits per heavy atom. The molecule has 28 heavy (non-hydrogen) atoms. The van der Waals surface area contributed by atoms with Crippen molar-refractivity contribution in [2.45, 2.75) is 32.9 Å². The number of H-pyrrole nitrogens is 1. The maximum absolute atomic E-state index is 12.1. The van der Waals surface area contributed by atoms with E-state index in [1.807, 2.05) is 19.9 Å². The molecular weight excluding hydrogens is 348 g/mol. The maximum Gasteiger partial charge on any atom is 0.234 e. The number of benzene rings is 2. The van der Waals surface area contributed by atoms with Crippen LogP contribution in [0.3, 0.4) is 0 Å². The maximum atomic E-state index is 12.1. The molecule has 0 spiro atoms. The fourth-order valence-electron chi connectivity index (χ4n) is 3.75. The van der Waals surface area contributed by atoms with Crippen LogP contribution in [-0.4, -0.2) is 40.1 Å². The lowest BCUT2D eigenvalue weighted by atomic mass is 9.98. The van der Waals surface area contributed by atoms with Crippen LogP contribution in [0.4, 0.5) is 0 Å². The molecule has 2 N–H and O–H groups in total. The van der Waals surface area contributed by atoms with Crippen molar-refractivity contribution in [3.63, 3.8) is 0 Å². The highest BCUT2D eigenvalue weighted by molar-refractivity contribution is 5.78. The van der Waals surface area contributed by atoms with Gasteiger partial charge in [0.2, 0.25) is 5.91 Å².